The van der Waals surface area contributed by atoms with Crippen LogP contribution in [0.25, 0.3) is 10.9 Å². The van der Waals surface area contributed by atoms with E-state index in [9.17, 15) is 14.4 Å². The van der Waals surface area contributed by atoms with Crippen molar-refractivity contribution < 1.29 is 19.1 Å². The van der Waals surface area contributed by atoms with Gasteiger partial charge in [-0.05, 0) is 43.5 Å². The number of aromatic amines is 1. The monoisotopic (exact) mass is 554 g/mol. The summed E-state index contributed by atoms with van der Waals surface area (Å²) in [5, 5.41) is 6.65. The van der Waals surface area contributed by atoms with Crippen molar-refractivity contribution in [1.29, 1.82) is 0 Å². The lowest BCUT2D eigenvalue weighted by Crippen LogP contribution is -2.55. The number of hydrogen-bond donors (Lipinski definition) is 3. The second kappa shape index (κ2) is 13.2. The number of alkyl carbamates (subject to hydrolysis) is 1. The Bertz CT molecular complexity index is 1460. The molecule has 4 aromatic rings. The summed E-state index contributed by atoms with van der Waals surface area (Å²) in [7, 11) is 1.72. The van der Waals surface area contributed by atoms with Gasteiger partial charge in [-0.1, -0.05) is 78.9 Å². The zero-order valence-corrected chi connectivity index (χ0v) is 24.0. The molecule has 0 aliphatic carbocycles. The molecule has 0 saturated carbocycles. The van der Waals surface area contributed by atoms with Crippen LogP contribution >= 0.6 is 0 Å². The number of rotatable bonds is 10. The van der Waals surface area contributed by atoms with Gasteiger partial charge in [-0.15, -0.1) is 0 Å². The van der Waals surface area contributed by atoms with Crippen molar-refractivity contribution in [2.45, 2.75) is 57.8 Å². The minimum atomic E-state index is -0.977. The Morgan fingerprint density at radius 2 is 1.41 bits per heavy atom. The molecular weight excluding hydrogens is 516 g/mol. The molecule has 0 aliphatic rings. The maximum atomic E-state index is 13.8. The fourth-order valence-electron chi connectivity index (χ4n) is 4.70. The van der Waals surface area contributed by atoms with E-state index in [0.717, 1.165) is 27.6 Å². The maximum absolute atomic E-state index is 13.8. The number of carbonyl (C=O) groups excluding carboxylic acids is 3. The Hall–Kier alpha value is -4.59. The second-order valence-corrected chi connectivity index (χ2v) is 11.2. The van der Waals surface area contributed by atoms with Gasteiger partial charge in [0.25, 0.3) is 0 Å². The SMILES string of the molecule is CN(Cc1ccccc1)C(=O)[C@H](Cc1ccccc1)NC(=O)[C@@H](Cc1c[nH]c2ccccc12)NC(=O)OC(C)(C)C. The van der Waals surface area contributed by atoms with Gasteiger partial charge in [-0.3, -0.25) is 9.59 Å². The molecule has 41 heavy (non-hydrogen) atoms. The Morgan fingerprint density at radius 3 is 2.07 bits per heavy atom. The van der Waals surface area contributed by atoms with E-state index in [-0.39, 0.29) is 12.3 Å². The highest BCUT2D eigenvalue weighted by Crippen LogP contribution is 2.20. The third-order valence-corrected chi connectivity index (χ3v) is 6.64. The minimum Gasteiger partial charge on any atom is -0.444 e. The summed E-state index contributed by atoms with van der Waals surface area (Å²) >= 11 is 0. The smallest absolute Gasteiger partial charge is 0.408 e. The molecule has 214 valence electrons. The maximum Gasteiger partial charge on any atom is 0.408 e. The lowest BCUT2D eigenvalue weighted by molar-refractivity contribution is -0.136. The molecule has 0 aliphatic heterocycles. The zero-order chi connectivity index (χ0) is 29.4. The van der Waals surface area contributed by atoms with Crippen molar-refractivity contribution in [2.75, 3.05) is 7.05 Å². The van der Waals surface area contributed by atoms with Crippen LogP contribution in [-0.2, 0) is 33.7 Å². The normalized spacial score (nSPS) is 12.8. The van der Waals surface area contributed by atoms with Gasteiger partial charge in [-0.25, -0.2) is 4.79 Å². The standard InChI is InChI=1S/C33H38N4O4/c1-33(2,3)41-32(40)36-28(20-25-21-34-27-18-12-11-17-26(25)27)30(38)35-29(19-23-13-7-5-8-14-23)31(39)37(4)22-24-15-9-6-10-16-24/h5-18,21,28-29,34H,19-20,22H2,1-4H3,(H,35,38)(H,36,40)/t28-,29+/m1/s1. The quantitative estimate of drug-likeness (QED) is 0.257. The van der Waals surface area contributed by atoms with Gasteiger partial charge < -0.3 is 25.3 Å². The molecule has 0 unspecified atom stereocenters. The molecule has 4 rings (SSSR count). The van der Waals surface area contributed by atoms with Crippen LogP contribution < -0.4 is 10.6 Å². The topological polar surface area (TPSA) is 104 Å². The van der Waals surface area contributed by atoms with E-state index in [1.165, 1.54) is 0 Å². The summed E-state index contributed by atoms with van der Waals surface area (Å²) < 4.78 is 5.46. The first kappa shape index (κ1) is 29.4. The Labute approximate surface area is 241 Å². The molecule has 1 aromatic heterocycles. The predicted molar refractivity (Wildman–Crippen MR) is 160 cm³/mol. The number of para-hydroxylation sites is 1. The number of benzene rings is 3. The summed E-state index contributed by atoms with van der Waals surface area (Å²) in [6.07, 6.45) is 1.64. The molecule has 0 radical (unpaired) electrons. The van der Waals surface area contributed by atoms with Gasteiger partial charge in [0.15, 0.2) is 0 Å². The molecule has 0 spiro atoms. The number of aromatic nitrogens is 1. The Kier molecular flexibility index (Phi) is 9.45. The molecule has 3 amide bonds. The zero-order valence-electron chi connectivity index (χ0n) is 24.0. The Morgan fingerprint density at radius 1 is 0.805 bits per heavy atom. The molecule has 0 bridgehead atoms. The van der Waals surface area contributed by atoms with Crippen molar-refractivity contribution in [3.63, 3.8) is 0 Å². The first-order valence-electron chi connectivity index (χ1n) is 13.8. The number of amides is 3. The summed E-state index contributed by atoms with van der Waals surface area (Å²) in [4.78, 5) is 45.2. The van der Waals surface area contributed by atoms with Gasteiger partial charge in [-0.2, -0.15) is 0 Å². The predicted octanol–water partition coefficient (Wildman–Crippen LogP) is 4.99. The number of nitrogens with one attached hydrogen (secondary N) is 3. The van der Waals surface area contributed by atoms with Crippen LogP contribution in [0.2, 0.25) is 0 Å². The average molecular weight is 555 g/mol. The van der Waals surface area contributed by atoms with Crippen LogP contribution in [0.3, 0.4) is 0 Å². The summed E-state index contributed by atoms with van der Waals surface area (Å²) in [5.74, 6) is -0.697. The second-order valence-electron chi connectivity index (χ2n) is 11.2. The van der Waals surface area contributed by atoms with E-state index in [4.69, 9.17) is 4.74 Å². The molecule has 8 heteroatoms. The Balaban J connectivity index is 1.58. The van der Waals surface area contributed by atoms with Crippen LogP contribution in [0, 0.1) is 0 Å². The van der Waals surface area contributed by atoms with E-state index in [1.54, 1.807) is 32.7 Å². The summed E-state index contributed by atoms with van der Waals surface area (Å²) in [6, 6.07) is 25.2. The number of H-pyrrole nitrogens is 1. The van der Waals surface area contributed by atoms with Crippen molar-refractivity contribution in [1.82, 2.24) is 20.5 Å². The molecule has 1 heterocycles. The fourth-order valence-corrected chi connectivity index (χ4v) is 4.70. The molecule has 2 atom stereocenters. The number of hydrogen-bond acceptors (Lipinski definition) is 4. The van der Waals surface area contributed by atoms with Crippen molar-refractivity contribution in [2.24, 2.45) is 0 Å². The first-order valence-corrected chi connectivity index (χ1v) is 13.8. The van der Waals surface area contributed by atoms with Crippen LogP contribution in [0.15, 0.2) is 91.1 Å². The number of fused-ring (bicyclic) bond motifs is 1. The van der Waals surface area contributed by atoms with Gasteiger partial charge in [0.1, 0.15) is 17.7 Å². The third-order valence-electron chi connectivity index (χ3n) is 6.64. The molecule has 0 fully saturated rings. The largest absolute Gasteiger partial charge is 0.444 e. The molecule has 3 aromatic carbocycles. The number of ether oxygens (including phenoxy) is 1. The van der Waals surface area contributed by atoms with Gasteiger partial charge >= 0.3 is 6.09 Å². The summed E-state index contributed by atoms with van der Waals surface area (Å²) in [5.41, 5.74) is 2.95. The highest BCUT2D eigenvalue weighted by atomic mass is 16.6. The van der Waals surface area contributed by atoms with Crippen molar-refractivity contribution >= 4 is 28.8 Å². The van der Waals surface area contributed by atoms with Gasteiger partial charge in [0, 0.05) is 43.5 Å². The van der Waals surface area contributed by atoms with Crippen LogP contribution in [0.5, 0.6) is 0 Å². The third kappa shape index (κ3) is 8.45. The van der Waals surface area contributed by atoms with E-state index in [2.05, 4.69) is 15.6 Å². The average Bonchev–Trinajstić information content (AvgIpc) is 3.34. The van der Waals surface area contributed by atoms with Crippen molar-refractivity contribution in [3.8, 4) is 0 Å². The molecule has 3 N–H and O–H groups in total. The molecule has 0 saturated heterocycles. The van der Waals surface area contributed by atoms with Crippen LogP contribution in [0.1, 0.15) is 37.5 Å². The highest BCUT2D eigenvalue weighted by Gasteiger charge is 2.30. The summed E-state index contributed by atoms with van der Waals surface area (Å²) in [6.45, 7) is 5.69. The minimum absolute atomic E-state index is 0.210. The lowest BCUT2D eigenvalue weighted by Gasteiger charge is -2.28. The highest BCUT2D eigenvalue weighted by molar-refractivity contribution is 5.92. The van der Waals surface area contributed by atoms with Gasteiger partial charge in [0.2, 0.25) is 11.8 Å². The number of likely N-dealkylation sites (N-methyl/N-ethyl adjacent to an activating group) is 1. The van der Waals surface area contributed by atoms with Crippen LogP contribution in [-0.4, -0.2) is 52.5 Å². The first-order chi connectivity index (χ1) is 19.6. The fraction of sp³-hybridized carbons (Fsp3) is 0.303. The van der Waals surface area contributed by atoms with Crippen molar-refractivity contribution in [3.05, 3.63) is 108 Å². The number of carbonyl (C=O) groups is 3. The van der Waals surface area contributed by atoms with Crippen LogP contribution in [0.4, 0.5) is 4.79 Å². The molecular formula is C33H38N4O4. The van der Waals surface area contributed by atoms with E-state index < -0.39 is 29.7 Å². The number of nitrogens with zero attached hydrogens (tertiary/aromatic N) is 1. The molecule has 8 nitrogen and oxygen atoms in total. The van der Waals surface area contributed by atoms with E-state index in [0.29, 0.717) is 13.0 Å². The van der Waals surface area contributed by atoms with E-state index in [1.807, 2.05) is 91.1 Å². The van der Waals surface area contributed by atoms with Gasteiger partial charge in [0.05, 0.1) is 0 Å². The lowest BCUT2D eigenvalue weighted by atomic mass is 10.0. The van der Waals surface area contributed by atoms with E-state index >= 15 is 0 Å².